The molecule has 0 aliphatic carbocycles. The molecule has 0 spiro atoms. The van der Waals surface area contributed by atoms with Gasteiger partial charge in [-0.3, -0.25) is 0 Å². The van der Waals surface area contributed by atoms with Crippen LogP contribution in [0, 0.1) is 6.92 Å². The quantitative estimate of drug-likeness (QED) is 0.631. The average molecular weight is 205 g/mol. The molecule has 0 radical (unpaired) electrons. The molecule has 1 atom stereocenters. The number of rotatable bonds is 1. The van der Waals surface area contributed by atoms with E-state index >= 15 is 0 Å². The molecule has 1 nitrogen and oxygen atoms in total. The van der Waals surface area contributed by atoms with E-state index in [2.05, 4.69) is 59.0 Å². The number of aromatic nitrogens is 1. The summed E-state index contributed by atoms with van der Waals surface area (Å²) < 4.78 is 2.33. The van der Waals surface area contributed by atoms with E-state index < -0.39 is 0 Å². The molecule has 0 aliphatic rings. The summed E-state index contributed by atoms with van der Waals surface area (Å²) >= 11 is 0. The van der Waals surface area contributed by atoms with Crippen molar-refractivity contribution in [2.75, 3.05) is 0 Å². The number of fused-ring (bicyclic) bond motifs is 1. The molecule has 0 saturated carbocycles. The molecule has 2 heteroatoms. The van der Waals surface area contributed by atoms with Crippen molar-refractivity contribution in [2.24, 2.45) is 0 Å². The van der Waals surface area contributed by atoms with Crippen molar-refractivity contribution in [2.45, 2.75) is 26.8 Å². The second-order valence-corrected chi connectivity index (χ2v) is 4.76. The fourth-order valence-electron chi connectivity index (χ4n) is 1.98. The van der Waals surface area contributed by atoms with Gasteiger partial charge in [-0.05, 0) is 43.8 Å². The van der Waals surface area contributed by atoms with Crippen LogP contribution in [-0.2, 0) is 0 Å². The Bertz CT molecular complexity index is 468. The van der Waals surface area contributed by atoms with Gasteiger partial charge < -0.3 is 4.57 Å². The minimum atomic E-state index is 0.529. The van der Waals surface area contributed by atoms with Crippen LogP contribution in [0.1, 0.15) is 25.5 Å². The minimum Gasteiger partial charge on any atom is -0.345 e. The van der Waals surface area contributed by atoms with E-state index in [0.29, 0.717) is 6.04 Å². The third kappa shape index (κ3) is 1.46. The monoisotopic (exact) mass is 205 g/mol. The third-order valence-electron chi connectivity index (χ3n) is 2.58. The van der Waals surface area contributed by atoms with Crippen LogP contribution in [0.4, 0.5) is 0 Å². The van der Waals surface area contributed by atoms with E-state index in [-0.39, 0.29) is 0 Å². The average Bonchev–Trinajstić information content (AvgIpc) is 2.47. The minimum absolute atomic E-state index is 0.529. The molecule has 0 bridgehead atoms. The molecular weight excluding hydrogens is 189 g/mol. The predicted molar refractivity (Wildman–Crippen MR) is 66.4 cm³/mol. The summed E-state index contributed by atoms with van der Waals surface area (Å²) in [6.07, 6.45) is 2.17. The van der Waals surface area contributed by atoms with E-state index in [1.54, 1.807) is 0 Å². The lowest BCUT2D eigenvalue weighted by Crippen LogP contribution is -2.01. The van der Waals surface area contributed by atoms with Gasteiger partial charge in [0.2, 0.25) is 0 Å². The highest BCUT2D eigenvalue weighted by Gasteiger charge is 2.06. The van der Waals surface area contributed by atoms with Gasteiger partial charge in [-0.15, -0.1) is 9.24 Å². The standard InChI is InChI=1S/C12H16NP/c1-8(2)13-5-4-10-7-11(14)6-9(3)12(10)13/h4-8H,14H2,1-3H3. The Morgan fingerprint density at radius 3 is 2.64 bits per heavy atom. The molecule has 1 aromatic heterocycles. The zero-order valence-corrected chi connectivity index (χ0v) is 10.1. The van der Waals surface area contributed by atoms with Crippen molar-refractivity contribution in [1.29, 1.82) is 0 Å². The maximum atomic E-state index is 2.76. The van der Waals surface area contributed by atoms with Crippen molar-refractivity contribution in [3.8, 4) is 0 Å². The van der Waals surface area contributed by atoms with Crippen LogP contribution in [-0.4, -0.2) is 4.57 Å². The van der Waals surface area contributed by atoms with E-state index in [1.807, 2.05) is 0 Å². The summed E-state index contributed by atoms with van der Waals surface area (Å²) in [6.45, 7) is 6.61. The van der Waals surface area contributed by atoms with Crippen molar-refractivity contribution in [3.05, 3.63) is 30.0 Å². The number of hydrogen-bond donors (Lipinski definition) is 0. The summed E-state index contributed by atoms with van der Waals surface area (Å²) in [5.41, 5.74) is 2.72. The highest BCUT2D eigenvalue weighted by atomic mass is 31.0. The smallest absolute Gasteiger partial charge is 0.0512 e. The Labute approximate surface area is 87.3 Å². The summed E-state index contributed by atoms with van der Waals surface area (Å²) in [6, 6.07) is 7.15. The second-order valence-electron chi connectivity index (χ2n) is 4.09. The van der Waals surface area contributed by atoms with Gasteiger partial charge in [0.1, 0.15) is 0 Å². The molecule has 2 rings (SSSR count). The lowest BCUT2D eigenvalue weighted by atomic mass is 10.1. The van der Waals surface area contributed by atoms with Crippen molar-refractivity contribution < 1.29 is 0 Å². The number of nitrogens with zero attached hydrogens (tertiary/aromatic N) is 1. The van der Waals surface area contributed by atoms with Crippen LogP contribution in [0.5, 0.6) is 0 Å². The van der Waals surface area contributed by atoms with E-state index in [0.717, 1.165) is 0 Å². The van der Waals surface area contributed by atoms with Crippen molar-refractivity contribution >= 4 is 25.4 Å². The van der Waals surface area contributed by atoms with Gasteiger partial charge in [0.25, 0.3) is 0 Å². The van der Waals surface area contributed by atoms with Crippen LogP contribution in [0.2, 0.25) is 0 Å². The molecule has 74 valence electrons. The fourth-order valence-corrected chi connectivity index (χ4v) is 2.41. The highest BCUT2D eigenvalue weighted by Crippen LogP contribution is 2.22. The van der Waals surface area contributed by atoms with E-state index in [4.69, 9.17) is 0 Å². The Morgan fingerprint density at radius 2 is 2.00 bits per heavy atom. The molecule has 0 amide bonds. The zero-order valence-electron chi connectivity index (χ0n) is 8.91. The first-order valence-electron chi connectivity index (χ1n) is 4.96. The first kappa shape index (κ1) is 9.73. The van der Waals surface area contributed by atoms with Crippen LogP contribution >= 0.6 is 9.24 Å². The van der Waals surface area contributed by atoms with E-state index in [9.17, 15) is 0 Å². The molecule has 0 aliphatic heterocycles. The summed E-state index contributed by atoms with van der Waals surface area (Å²) in [7, 11) is 2.76. The van der Waals surface area contributed by atoms with Gasteiger partial charge in [0.15, 0.2) is 0 Å². The Hall–Kier alpha value is -0.810. The summed E-state index contributed by atoms with van der Waals surface area (Å²) in [5, 5.41) is 2.60. The number of aryl methyl sites for hydroxylation is 1. The Kier molecular flexibility index (Phi) is 2.36. The predicted octanol–water partition coefficient (Wildman–Crippen LogP) is 3.03. The first-order valence-corrected chi connectivity index (χ1v) is 5.54. The van der Waals surface area contributed by atoms with Crippen LogP contribution in [0.3, 0.4) is 0 Å². The van der Waals surface area contributed by atoms with Gasteiger partial charge in [-0.2, -0.15) is 0 Å². The van der Waals surface area contributed by atoms with Gasteiger partial charge in [-0.1, -0.05) is 6.07 Å². The fraction of sp³-hybridized carbons (Fsp3) is 0.333. The molecular formula is C12H16NP. The van der Waals surface area contributed by atoms with Crippen LogP contribution < -0.4 is 5.30 Å². The number of benzene rings is 1. The summed E-state index contributed by atoms with van der Waals surface area (Å²) in [5.74, 6) is 0. The first-order chi connectivity index (χ1) is 6.59. The largest absolute Gasteiger partial charge is 0.345 e. The topological polar surface area (TPSA) is 4.93 Å². The lowest BCUT2D eigenvalue weighted by Gasteiger charge is -2.11. The van der Waals surface area contributed by atoms with Gasteiger partial charge in [0, 0.05) is 17.6 Å². The number of hydrogen-bond acceptors (Lipinski definition) is 0. The highest BCUT2D eigenvalue weighted by molar-refractivity contribution is 7.27. The summed E-state index contributed by atoms with van der Waals surface area (Å²) in [4.78, 5) is 0. The van der Waals surface area contributed by atoms with Crippen molar-refractivity contribution in [3.63, 3.8) is 0 Å². The third-order valence-corrected chi connectivity index (χ3v) is 2.91. The molecule has 14 heavy (non-hydrogen) atoms. The zero-order chi connectivity index (χ0) is 10.3. The van der Waals surface area contributed by atoms with Crippen LogP contribution in [0.15, 0.2) is 24.4 Å². The SMILES string of the molecule is Cc1cc(P)cc2ccn(C(C)C)c12. The molecule has 1 heterocycles. The molecule has 1 unspecified atom stereocenters. The Balaban J connectivity index is 2.79. The molecule has 1 aromatic carbocycles. The molecule has 0 N–H and O–H groups in total. The lowest BCUT2D eigenvalue weighted by molar-refractivity contribution is 0.622. The van der Waals surface area contributed by atoms with Crippen molar-refractivity contribution in [1.82, 2.24) is 4.57 Å². The molecule has 0 fully saturated rings. The maximum Gasteiger partial charge on any atom is 0.0512 e. The van der Waals surface area contributed by atoms with Gasteiger partial charge in [-0.25, -0.2) is 0 Å². The normalized spacial score (nSPS) is 11.5. The maximum absolute atomic E-state index is 2.76. The second kappa shape index (κ2) is 3.40. The molecule has 0 saturated heterocycles. The van der Waals surface area contributed by atoms with Crippen LogP contribution in [0.25, 0.3) is 10.9 Å². The molecule has 2 aromatic rings. The Morgan fingerprint density at radius 1 is 1.29 bits per heavy atom. The van der Waals surface area contributed by atoms with E-state index in [1.165, 1.54) is 21.8 Å². The van der Waals surface area contributed by atoms with Gasteiger partial charge in [0.05, 0.1) is 5.52 Å². The van der Waals surface area contributed by atoms with Gasteiger partial charge >= 0.3 is 0 Å².